The van der Waals surface area contributed by atoms with Crippen LogP contribution in [0.3, 0.4) is 0 Å². The zero-order chi connectivity index (χ0) is 18.7. The summed E-state index contributed by atoms with van der Waals surface area (Å²) >= 11 is 0. The van der Waals surface area contributed by atoms with Crippen LogP contribution < -0.4 is 10.6 Å². The smallest absolute Gasteiger partial charge is 0.191 e. The van der Waals surface area contributed by atoms with Crippen molar-refractivity contribution in [1.82, 2.24) is 20.7 Å². The van der Waals surface area contributed by atoms with E-state index >= 15 is 0 Å². The van der Waals surface area contributed by atoms with Crippen LogP contribution in [0.4, 0.5) is 0 Å². The minimum atomic E-state index is 0. The van der Waals surface area contributed by atoms with Gasteiger partial charge >= 0.3 is 0 Å². The Labute approximate surface area is 176 Å². The highest BCUT2D eigenvalue weighted by Crippen LogP contribution is 2.14. The summed E-state index contributed by atoms with van der Waals surface area (Å²) < 4.78 is 5.36. The average molecular weight is 479 g/mol. The molecule has 0 bridgehead atoms. The lowest BCUT2D eigenvalue weighted by atomic mass is 10.1. The number of hydrogen-bond acceptors (Lipinski definition) is 4. The lowest BCUT2D eigenvalue weighted by Crippen LogP contribution is -2.42. The second-order valence-corrected chi connectivity index (χ2v) is 6.78. The number of nitrogens with one attached hydrogen (secondary N) is 2. The molecule has 1 unspecified atom stereocenters. The van der Waals surface area contributed by atoms with E-state index in [1.165, 1.54) is 6.42 Å². The highest BCUT2D eigenvalue weighted by atomic mass is 127. The predicted octanol–water partition coefficient (Wildman–Crippen LogP) is 3.98. The molecule has 1 heterocycles. The molecule has 152 valence electrons. The van der Waals surface area contributed by atoms with Gasteiger partial charge < -0.3 is 20.1 Å². The minimum absolute atomic E-state index is 0. The van der Waals surface area contributed by atoms with Crippen LogP contribution in [-0.2, 0) is 6.54 Å². The van der Waals surface area contributed by atoms with Gasteiger partial charge in [-0.3, -0.25) is 0 Å². The van der Waals surface area contributed by atoms with Gasteiger partial charge in [0, 0.05) is 18.7 Å². The van der Waals surface area contributed by atoms with Gasteiger partial charge in [-0.1, -0.05) is 32.9 Å². The van der Waals surface area contributed by atoms with Crippen molar-refractivity contribution in [3.8, 4) is 0 Å². The van der Waals surface area contributed by atoms with Crippen LogP contribution in [0.15, 0.2) is 15.6 Å². The van der Waals surface area contributed by atoms with E-state index in [1.807, 2.05) is 6.07 Å². The van der Waals surface area contributed by atoms with E-state index in [-0.39, 0.29) is 24.0 Å². The fourth-order valence-corrected chi connectivity index (χ4v) is 2.62. The van der Waals surface area contributed by atoms with Crippen molar-refractivity contribution in [2.24, 2.45) is 4.99 Å². The van der Waals surface area contributed by atoms with Crippen molar-refractivity contribution in [1.29, 1.82) is 0 Å². The molecule has 0 aliphatic carbocycles. The van der Waals surface area contributed by atoms with Crippen LogP contribution >= 0.6 is 24.0 Å². The van der Waals surface area contributed by atoms with Gasteiger partial charge in [-0.15, -0.1) is 24.0 Å². The van der Waals surface area contributed by atoms with Gasteiger partial charge in [0.05, 0.1) is 5.69 Å². The fourth-order valence-electron chi connectivity index (χ4n) is 2.62. The van der Waals surface area contributed by atoms with E-state index < -0.39 is 0 Å². The van der Waals surface area contributed by atoms with Crippen molar-refractivity contribution >= 4 is 29.9 Å². The van der Waals surface area contributed by atoms with Gasteiger partial charge in [0.25, 0.3) is 0 Å². The zero-order valence-electron chi connectivity index (χ0n) is 17.3. The van der Waals surface area contributed by atoms with Crippen molar-refractivity contribution in [3.63, 3.8) is 0 Å². The number of hydrogen-bond donors (Lipinski definition) is 2. The molecule has 7 heteroatoms. The lowest BCUT2D eigenvalue weighted by molar-refractivity contribution is 0.292. The standard InChI is InChI=1S/C19H37N5O.HI/c1-7-20-19(21-14-17-13-18(15(4)5)23-25-17)22-16(6)11-10-12-24(8-2)9-3;/h13,15-16H,7-12,14H2,1-6H3,(H2,20,21,22);1H. The first-order valence-corrected chi connectivity index (χ1v) is 9.72. The maximum atomic E-state index is 5.36. The van der Waals surface area contributed by atoms with Crippen LogP contribution in [0.1, 0.15) is 71.8 Å². The maximum absolute atomic E-state index is 5.36. The van der Waals surface area contributed by atoms with Crippen LogP contribution in [0.2, 0.25) is 0 Å². The second kappa shape index (κ2) is 14.3. The molecule has 0 fully saturated rings. The Morgan fingerprint density at radius 2 is 1.92 bits per heavy atom. The van der Waals surface area contributed by atoms with Crippen molar-refractivity contribution in [3.05, 3.63) is 17.5 Å². The van der Waals surface area contributed by atoms with Crippen LogP contribution in [-0.4, -0.2) is 48.2 Å². The molecule has 0 aliphatic heterocycles. The van der Waals surface area contributed by atoms with Crippen LogP contribution in [0.5, 0.6) is 0 Å². The molecule has 0 amide bonds. The SMILES string of the molecule is CCNC(=NCc1cc(C(C)C)no1)NC(C)CCCN(CC)CC.I. The van der Waals surface area contributed by atoms with Gasteiger partial charge in [0.15, 0.2) is 11.7 Å². The fraction of sp³-hybridized carbons (Fsp3) is 0.789. The molecule has 1 aromatic heterocycles. The van der Waals surface area contributed by atoms with Gasteiger partial charge in [0.1, 0.15) is 6.54 Å². The summed E-state index contributed by atoms with van der Waals surface area (Å²) in [7, 11) is 0. The number of halogens is 1. The molecule has 0 radical (unpaired) electrons. The van der Waals surface area contributed by atoms with E-state index in [0.717, 1.165) is 50.0 Å². The monoisotopic (exact) mass is 479 g/mol. The summed E-state index contributed by atoms with van der Waals surface area (Å²) in [5.41, 5.74) is 0.980. The Kier molecular flexibility index (Phi) is 13.8. The summed E-state index contributed by atoms with van der Waals surface area (Å²) in [6.07, 6.45) is 2.32. The molecular formula is C19H38IN5O. The van der Waals surface area contributed by atoms with E-state index in [4.69, 9.17) is 4.52 Å². The third kappa shape index (κ3) is 9.75. The molecule has 0 spiro atoms. The number of aromatic nitrogens is 1. The number of rotatable bonds is 11. The van der Waals surface area contributed by atoms with Gasteiger partial charge in [-0.25, -0.2) is 4.99 Å². The number of nitrogens with zero attached hydrogens (tertiary/aromatic N) is 3. The molecule has 0 aromatic carbocycles. The van der Waals surface area contributed by atoms with E-state index in [2.05, 4.69) is 67.2 Å². The topological polar surface area (TPSA) is 65.7 Å². The van der Waals surface area contributed by atoms with Gasteiger partial charge in [0.2, 0.25) is 0 Å². The first-order chi connectivity index (χ1) is 12.0. The van der Waals surface area contributed by atoms with Crippen LogP contribution in [0.25, 0.3) is 0 Å². The Morgan fingerprint density at radius 3 is 2.46 bits per heavy atom. The summed E-state index contributed by atoms with van der Waals surface area (Å²) in [6.45, 7) is 17.7. The van der Waals surface area contributed by atoms with Crippen LogP contribution in [0, 0.1) is 0 Å². The number of guanidine groups is 1. The Bertz CT molecular complexity index is 500. The number of aliphatic imine (C=N–C) groups is 1. The molecular weight excluding hydrogens is 441 g/mol. The highest BCUT2D eigenvalue weighted by Gasteiger charge is 2.09. The normalized spacial score (nSPS) is 13.0. The Balaban J connectivity index is 0.00000625. The molecule has 1 aromatic rings. The van der Waals surface area contributed by atoms with E-state index in [1.54, 1.807) is 0 Å². The molecule has 26 heavy (non-hydrogen) atoms. The van der Waals surface area contributed by atoms with E-state index in [9.17, 15) is 0 Å². The first kappa shape index (κ1) is 25.2. The highest BCUT2D eigenvalue weighted by molar-refractivity contribution is 14.0. The predicted molar refractivity (Wildman–Crippen MR) is 120 cm³/mol. The summed E-state index contributed by atoms with van der Waals surface area (Å²) in [5, 5.41) is 10.9. The summed E-state index contributed by atoms with van der Waals surface area (Å²) in [5.74, 6) is 2.01. The second-order valence-electron chi connectivity index (χ2n) is 6.78. The third-order valence-electron chi connectivity index (χ3n) is 4.29. The van der Waals surface area contributed by atoms with Crippen molar-refractivity contribution in [2.75, 3.05) is 26.2 Å². The third-order valence-corrected chi connectivity index (χ3v) is 4.29. The van der Waals surface area contributed by atoms with Gasteiger partial charge in [-0.2, -0.15) is 0 Å². The summed E-state index contributed by atoms with van der Waals surface area (Å²) in [6, 6.07) is 2.37. The quantitative estimate of drug-likeness (QED) is 0.286. The maximum Gasteiger partial charge on any atom is 0.191 e. The Morgan fingerprint density at radius 1 is 1.23 bits per heavy atom. The largest absolute Gasteiger partial charge is 0.359 e. The molecule has 0 saturated heterocycles. The average Bonchev–Trinajstić information content (AvgIpc) is 3.06. The zero-order valence-corrected chi connectivity index (χ0v) is 19.7. The van der Waals surface area contributed by atoms with Gasteiger partial charge in [-0.05, 0) is 52.2 Å². The first-order valence-electron chi connectivity index (χ1n) is 9.72. The Hall–Kier alpha value is -0.830. The van der Waals surface area contributed by atoms with Crippen molar-refractivity contribution < 1.29 is 4.52 Å². The molecule has 0 aliphatic rings. The van der Waals surface area contributed by atoms with E-state index in [0.29, 0.717) is 18.5 Å². The van der Waals surface area contributed by atoms with Crippen molar-refractivity contribution in [2.45, 2.75) is 72.9 Å². The molecule has 6 nitrogen and oxygen atoms in total. The molecule has 1 rings (SSSR count). The lowest BCUT2D eigenvalue weighted by Gasteiger charge is -2.21. The minimum Gasteiger partial charge on any atom is -0.359 e. The molecule has 2 N–H and O–H groups in total. The molecule has 1 atom stereocenters. The molecule has 0 saturated carbocycles. The summed E-state index contributed by atoms with van der Waals surface area (Å²) in [4.78, 5) is 7.08.